The van der Waals surface area contributed by atoms with Crippen molar-refractivity contribution in [2.45, 2.75) is 6.92 Å². The van der Waals surface area contributed by atoms with Crippen LogP contribution in [0.4, 0.5) is 5.69 Å². The standard InChI is InChI=1S/C21H27N5O3/c1-2-23-7-9-24(10-8-23)17-5-6-18(22-16-17)20(27)25-11-13-26(14-12-25)21(28)19-4-3-15-29-19/h3-6,15-16H,2,7-14H2,1H3. The van der Waals surface area contributed by atoms with Gasteiger partial charge in [-0.1, -0.05) is 6.92 Å². The van der Waals surface area contributed by atoms with E-state index in [1.165, 1.54) is 6.26 Å². The van der Waals surface area contributed by atoms with Crippen molar-refractivity contribution in [1.29, 1.82) is 0 Å². The van der Waals surface area contributed by atoms with Crippen molar-refractivity contribution in [3.8, 4) is 0 Å². The quantitative estimate of drug-likeness (QED) is 0.777. The van der Waals surface area contributed by atoms with Crippen LogP contribution >= 0.6 is 0 Å². The van der Waals surface area contributed by atoms with Gasteiger partial charge in [0, 0.05) is 52.4 Å². The van der Waals surface area contributed by atoms with Gasteiger partial charge in [-0.3, -0.25) is 9.59 Å². The lowest BCUT2D eigenvalue weighted by Crippen LogP contribution is -2.50. The van der Waals surface area contributed by atoms with Crippen LogP contribution in [0, 0.1) is 0 Å². The van der Waals surface area contributed by atoms with Gasteiger partial charge in [0.05, 0.1) is 18.1 Å². The number of carbonyl (C=O) groups is 2. The Morgan fingerprint density at radius 3 is 2.17 bits per heavy atom. The van der Waals surface area contributed by atoms with Crippen molar-refractivity contribution in [3.05, 3.63) is 48.2 Å². The Kier molecular flexibility index (Phi) is 5.80. The zero-order valence-electron chi connectivity index (χ0n) is 16.8. The Morgan fingerprint density at radius 2 is 1.62 bits per heavy atom. The summed E-state index contributed by atoms with van der Waals surface area (Å²) in [5, 5.41) is 0. The third-order valence-corrected chi connectivity index (χ3v) is 5.74. The van der Waals surface area contributed by atoms with E-state index in [9.17, 15) is 9.59 Å². The number of piperazine rings is 2. The number of hydrogen-bond acceptors (Lipinski definition) is 6. The number of rotatable bonds is 4. The van der Waals surface area contributed by atoms with Crippen LogP contribution < -0.4 is 4.90 Å². The molecule has 4 rings (SSSR count). The van der Waals surface area contributed by atoms with Crippen LogP contribution in [0.1, 0.15) is 28.0 Å². The SMILES string of the molecule is CCN1CCN(c2ccc(C(=O)N3CCN(C(=O)c4ccco4)CC3)nc2)CC1. The van der Waals surface area contributed by atoms with Crippen molar-refractivity contribution in [3.63, 3.8) is 0 Å². The number of likely N-dealkylation sites (N-methyl/N-ethyl adjacent to an activating group) is 1. The normalized spacial score (nSPS) is 18.2. The molecule has 2 aliphatic heterocycles. The van der Waals surface area contributed by atoms with Gasteiger partial charge in [0.2, 0.25) is 0 Å². The minimum Gasteiger partial charge on any atom is -0.459 e. The molecular formula is C21H27N5O3. The fraction of sp³-hybridized carbons (Fsp3) is 0.476. The molecule has 0 aromatic carbocycles. The van der Waals surface area contributed by atoms with Gasteiger partial charge < -0.3 is 24.0 Å². The van der Waals surface area contributed by atoms with E-state index in [0.717, 1.165) is 38.4 Å². The molecular weight excluding hydrogens is 370 g/mol. The lowest BCUT2D eigenvalue weighted by Gasteiger charge is -2.35. The summed E-state index contributed by atoms with van der Waals surface area (Å²) < 4.78 is 5.18. The largest absolute Gasteiger partial charge is 0.459 e. The summed E-state index contributed by atoms with van der Waals surface area (Å²) in [5.41, 5.74) is 1.51. The summed E-state index contributed by atoms with van der Waals surface area (Å²) in [5.74, 6) is 0.118. The number of carbonyl (C=O) groups excluding carboxylic acids is 2. The molecule has 2 aliphatic rings. The molecule has 4 heterocycles. The summed E-state index contributed by atoms with van der Waals surface area (Å²) >= 11 is 0. The number of hydrogen-bond donors (Lipinski definition) is 0. The van der Waals surface area contributed by atoms with Gasteiger partial charge in [-0.05, 0) is 30.8 Å². The molecule has 0 aliphatic carbocycles. The first kappa shape index (κ1) is 19.4. The van der Waals surface area contributed by atoms with E-state index >= 15 is 0 Å². The van der Waals surface area contributed by atoms with Gasteiger partial charge >= 0.3 is 0 Å². The second kappa shape index (κ2) is 8.65. The molecule has 2 saturated heterocycles. The second-order valence-corrected chi connectivity index (χ2v) is 7.38. The summed E-state index contributed by atoms with van der Waals surface area (Å²) in [7, 11) is 0. The minimum absolute atomic E-state index is 0.0857. The fourth-order valence-electron chi connectivity index (χ4n) is 3.85. The highest BCUT2D eigenvalue weighted by Gasteiger charge is 2.27. The molecule has 2 aromatic heterocycles. The summed E-state index contributed by atoms with van der Waals surface area (Å²) in [6.45, 7) is 9.31. The number of anilines is 1. The topological polar surface area (TPSA) is 73.1 Å². The first-order chi connectivity index (χ1) is 14.2. The average molecular weight is 397 g/mol. The second-order valence-electron chi connectivity index (χ2n) is 7.38. The molecule has 2 amide bonds. The molecule has 8 nitrogen and oxygen atoms in total. The molecule has 0 spiro atoms. The van der Waals surface area contributed by atoms with Crippen LogP contribution in [-0.4, -0.2) is 90.4 Å². The minimum atomic E-state index is -0.132. The van der Waals surface area contributed by atoms with Crippen LogP contribution in [0.5, 0.6) is 0 Å². The number of amides is 2. The van der Waals surface area contributed by atoms with E-state index in [-0.39, 0.29) is 11.8 Å². The van der Waals surface area contributed by atoms with Gasteiger partial charge in [0.15, 0.2) is 5.76 Å². The first-order valence-corrected chi connectivity index (χ1v) is 10.2. The number of aromatic nitrogens is 1. The van der Waals surface area contributed by atoms with E-state index in [0.29, 0.717) is 37.6 Å². The van der Waals surface area contributed by atoms with Gasteiger partial charge in [-0.2, -0.15) is 0 Å². The molecule has 0 N–H and O–H groups in total. The molecule has 0 bridgehead atoms. The van der Waals surface area contributed by atoms with E-state index in [4.69, 9.17) is 4.42 Å². The number of pyridine rings is 1. The van der Waals surface area contributed by atoms with E-state index < -0.39 is 0 Å². The summed E-state index contributed by atoms with van der Waals surface area (Å²) in [6.07, 6.45) is 3.29. The zero-order chi connectivity index (χ0) is 20.2. The monoisotopic (exact) mass is 397 g/mol. The molecule has 0 atom stereocenters. The Bertz CT molecular complexity index is 821. The maximum absolute atomic E-state index is 12.8. The maximum Gasteiger partial charge on any atom is 0.289 e. The Labute approximate surface area is 170 Å². The molecule has 2 aromatic rings. The number of nitrogens with zero attached hydrogens (tertiary/aromatic N) is 5. The third-order valence-electron chi connectivity index (χ3n) is 5.74. The summed E-state index contributed by atoms with van der Waals surface area (Å²) in [4.78, 5) is 37.8. The smallest absolute Gasteiger partial charge is 0.289 e. The van der Waals surface area contributed by atoms with Crippen molar-refractivity contribution < 1.29 is 14.0 Å². The van der Waals surface area contributed by atoms with Crippen molar-refractivity contribution >= 4 is 17.5 Å². The van der Waals surface area contributed by atoms with Crippen molar-refractivity contribution in [2.75, 3.05) is 63.8 Å². The highest BCUT2D eigenvalue weighted by Crippen LogP contribution is 2.17. The molecule has 0 radical (unpaired) electrons. The van der Waals surface area contributed by atoms with E-state index in [1.54, 1.807) is 28.1 Å². The van der Waals surface area contributed by atoms with Crippen molar-refractivity contribution in [2.24, 2.45) is 0 Å². The summed E-state index contributed by atoms with van der Waals surface area (Å²) in [6, 6.07) is 7.16. The average Bonchev–Trinajstić information content (AvgIpc) is 3.33. The van der Waals surface area contributed by atoms with Crippen molar-refractivity contribution in [1.82, 2.24) is 19.7 Å². The molecule has 0 saturated carbocycles. The highest BCUT2D eigenvalue weighted by atomic mass is 16.3. The molecule has 0 unspecified atom stereocenters. The van der Waals surface area contributed by atoms with Gasteiger partial charge in [0.25, 0.3) is 11.8 Å². The van der Waals surface area contributed by atoms with Gasteiger partial charge in [-0.15, -0.1) is 0 Å². The molecule has 8 heteroatoms. The Balaban J connectivity index is 1.31. The van der Waals surface area contributed by atoms with Gasteiger partial charge in [-0.25, -0.2) is 4.98 Å². The molecule has 154 valence electrons. The van der Waals surface area contributed by atoms with Crippen LogP contribution in [-0.2, 0) is 0 Å². The van der Waals surface area contributed by atoms with Crippen LogP contribution in [0.15, 0.2) is 41.1 Å². The molecule has 2 fully saturated rings. The van der Waals surface area contributed by atoms with Crippen LogP contribution in [0.25, 0.3) is 0 Å². The Morgan fingerprint density at radius 1 is 0.931 bits per heavy atom. The van der Waals surface area contributed by atoms with E-state index in [2.05, 4.69) is 21.7 Å². The highest BCUT2D eigenvalue weighted by molar-refractivity contribution is 5.93. The lowest BCUT2D eigenvalue weighted by atomic mass is 10.2. The fourth-order valence-corrected chi connectivity index (χ4v) is 3.85. The maximum atomic E-state index is 12.8. The van der Waals surface area contributed by atoms with E-state index in [1.807, 2.05) is 12.1 Å². The third kappa shape index (κ3) is 4.27. The number of furan rings is 1. The molecule has 29 heavy (non-hydrogen) atoms. The van der Waals surface area contributed by atoms with Crippen LogP contribution in [0.3, 0.4) is 0 Å². The Hall–Kier alpha value is -2.87. The zero-order valence-corrected chi connectivity index (χ0v) is 16.8. The van der Waals surface area contributed by atoms with Crippen LogP contribution in [0.2, 0.25) is 0 Å². The predicted octanol–water partition coefficient (Wildman–Crippen LogP) is 1.41. The van der Waals surface area contributed by atoms with Gasteiger partial charge in [0.1, 0.15) is 5.69 Å². The lowest BCUT2D eigenvalue weighted by molar-refractivity contribution is 0.0515. The predicted molar refractivity (Wildman–Crippen MR) is 109 cm³/mol. The first-order valence-electron chi connectivity index (χ1n) is 10.2.